The van der Waals surface area contributed by atoms with Crippen molar-refractivity contribution in [3.05, 3.63) is 54.1 Å². The smallest absolute Gasteiger partial charge is 0.133 e. The van der Waals surface area contributed by atoms with E-state index in [1.165, 1.54) is 63.5 Å². The molecule has 0 atom stereocenters. The zero-order chi connectivity index (χ0) is 19.1. The molecule has 1 aliphatic rings. The first-order chi connectivity index (χ1) is 13.2. The van der Waals surface area contributed by atoms with E-state index >= 15 is 0 Å². The molecule has 0 amide bonds. The van der Waals surface area contributed by atoms with Gasteiger partial charge in [0.2, 0.25) is 0 Å². The van der Waals surface area contributed by atoms with Crippen LogP contribution in [0.3, 0.4) is 0 Å². The SMILES string of the molecule is CCCCCC1CCC(COc2[c]ccc(-c3ccc(F)cc3F)c2)CC1. The Hall–Kier alpha value is -1.90. The van der Waals surface area contributed by atoms with Crippen molar-refractivity contribution in [2.45, 2.75) is 58.3 Å². The Balaban J connectivity index is 1.51. The maximum Gasteiger partial charge on any atom is 0.133 e. The Morgan fingerprint density at radius 3 is 2.52 bits per heavy atom. The zero-order valence-corrected chi connectivity index (χ0v) is 16.1. The number of benzene rings is 2. The number of rotatable bonds is 8. The van der Waals surface area contributed by atoms with E-state index in [0.29, 0.717) is 29.4 Å². The van der Waals surface area contributed by atoms with Gasteiger partial charge in [-0.05, 0) is 54.5 Å². The molecule has 0 bridgehead atoms. The third-order valence-electron chi connectivity index (χ3n) is 5.67. The number of halogens is 2. The van der Waals surface area contributed by atoms with E-state index < -0.39 is 11.6 Å². The summed E-state index contributed by atoms with van der Waals surface area (Å²) in [6.07, 6.45) is 10.5. The summed E-state index contributed by atoms with van der Waals surface area (Å²) < 4.78 is 33.1. The van der Waals surface area contributed by atoms with Crippen LogP contribution in [0.5, 0.6) is 5.75 Å². The average molecular weight is 371 g/mol. The highest BCUT2D eigenvalue weighted by Gasteiger charge is 2.21. The first-order valence-electron chi connectivity index (χ1n) is 10.3. The first-order valence-corrected chi connectivity index (χ1v) is 10.3. The van der Waals surface area contributed by atoms with Crippen molar-refractivity contribution < 1.29 is 13.5 Å². The Kier molecular flexibility index (Phi) is 7.25. The lowest BCUT2D eigenvalue weighted by molar-refractivity contribution is 0.177. The van der Waals surface area contributed by atoms with Crippen molar-refractivity contribution in [2.24, 2.45) is 11.8 Å². The molecule has 1 radical (unpaired) electrons. The fraction of sp³-hybridized carbons (Fsp3) is 0.500. The van der Waals surface area contributed by atoms with Crippen LogP contribution in [0, 0.1) is 29.5 Å². The van der Waals surface area contributed by atoms with Gasteiger partial charge in [-0.25, -0.2) is 8.78 Å². The van der Waals surface area contributed by atoms with Crippen LogP contribution in [0.2, 0.25) is 0 Å². The molecule has 3 rings (SSSR count). The molecule has 0 aromatic heterocycles. The number of unbranched alkanes of at least 4 members (excludes halogenated alkanes) is 2. The van der Waals surface area contributed by atoms with Crippen molar-refractivity contribution >= 4 is 0 Å². The summed E-state index contributed by atoms with van der Waals surface area (Å²) in [6.45, 7) is 2.94. The quantitative estimate of drug-likeness (QED) is 0.446. The van der Waals surface area contributed by atoms with Crippen molar-refractivity contribution in [2.75, 3.05) is 6.61 Å². The van der Waals surface area contributed by atoms with E-state index in [9.17, 15) is 8.78 Å². The minimum Gasteiger partial charge on any atom is -0.493 e. The van der Waals surface area contributed by atoms with Gasteiger partial charge < -0.3 is 4.74 Å². The standard InChI is InChI=1S/C24H29F2O/c1-2-3-4-6-18-9-11-19(12-10-18)17-27-22-8-5-7-20(15-22)23-14-13-21(25)16-24(23)26/h5,7,13-16,18-19H,2-4,6,9-12,17H2,1H3. The second-order valence-electron chi connectivity index (χ2n) is 7.76. The highest BCUT2D eigenvalue weighted by molar-refractivity contribution is 5.65. The van der Waals surface area contributed by atoms with Crippen LogP contribution in [-0.2, 0) is 0 Å². The normalized spacial score (nSPS) is 19.8. The molecule has 0 N–H and O–H groups in total. The molecule has 0 heterocycles. The van der Waals surface area contributed by atoms with Gasteiger partial charge in [-0.15, -0.1) is 0 Å². The topological polar surface area (TPSA) is 9.23 Å². The second-order valence-corrected chi connectivity index (χ2v) is 7.76. The average Bonchev–Trinajstić information content (AvgIpc) is 2.68. The van der Waals surface area contributed by atoms with E-state index in [4.69, 9.17) is 4.74 Å². The lowest BCUT2D eigenvalue weighted by Crippen LogP contribution is -2.20. The molecule has 27 heavy (non-hydrogen) atoms. The van der Waals surface area contributed by atoms with Crippen LogP contribution in [0.15, 0.2) is 36.4 Å². The molecule has 2 aromatic rings. The summed E-state index contributed by atoms with van der Waals surface area (Å²) in [6, 6.07) is 12.0. The highest BCUT2D eigenvalue weighted by Crippen LogP contribution is 2.33. The van der Waals surface area contributed by atoms with Crippen molar-refractivity contribution in [3.8, 4) is 16.9 Å². The summed E-state index contributed by atoms with van der Waals surface area (Å²) in [7, 11) is 0. The number of ether oxygens (including phenoxy) is 1. The minimum absolute atomic E-state index is 0.378. The van der Waals surface area contributed by atoms with Gasteiger partial charge in [0.25, 0.3) is 0 Å². The molecular formula is C24H29F2O. The van der Waals surface area contributed by atoms with E-state index in [1.54, 1.807) is 18.2 Å². The molecule has 0 saturated heterocycles. The van der Waals surface area contributed by atoms with Gasteiger partial charge in [-0.1, -0.05) is 51.5 Å². The zero-order valence-electron chi connectivity index (χ0n) is 16.1. The molecule has 0 aliphatic heterocycles. The molecular weight excluding hydrogens is 342 g/mol. The molecule has 0 spiro atoms. The van der Waals surface area contributed by atoms with Crippen LogP contribution in [-0.4, -0.2) is 6.61 Å². The highest BCUT2D eigenvalue weighted by atomic mass is 19.1. The van der Waals surface area contributed by atoms with E-state index in [1.807, 2.05) is 0 Å². The lowest BCUT2D eigenvalue weighted by Gasteiger charge is -2.28. The summed E-state index contributed by atoms with van der Waals surface area (Å²) >= 11 is 0. The molecule has 0 unspecified atom stereocenters. The summed E-state index contributed by atoms with van der Waals surface area (Å²) in [4.78, 5) is 0. The lowest BCUT2D eigenvalue weighted by atomic mass is 9.80. The van der Waals surface area contributed by atoms with Crippen molar-refractivity contribution in [1.29, 1.82) is 0 Å². The fourth-order valence-corrected chi connectivity index (χ4v) is 4.00. The van der Waals surface area contributed by atoms with Gasteiger partial charge in [0, 0.05) is 17.7 Å². The van der Waals surface area contributed by atoms with Gasteiger partial charge in [0.05, 0.1) is 6.61 Å². The maximum atomic E-state index is 14.0. The van der Waals surface area contributed by atoms with E-state index in [0.717, 1.165) is 12.0 Å². The Labute approximate surface area is 161 Å². The summed E-state index contributed by atoms with van der Waals surface area (Å²) in [5.74, 6) is 0.978. The first kappa shape index (κ1) is 19.9. The second kappa shape index (κ2) is 9.87. The van der Waals surface area contributed by atoms with Gasteiger partial charge in [-0.3, -0.25) is 0 Å². The summed E-state index contributed by atoms with van der Waals surface area (Å²) in [5, 5.41) is 0. The van der Waals surface area contributed by atoms with Crippen molar-refractivity contribution in [1.82, 2.24) is 0 Å². The molecule has 1 nitrogen and oxygen atoms in total. The van der Waals surface area contributed by atoms with Gasteiger partial charge in [0.15, 0.2) is 0 Å². The van der Waals surface area contributed by atoms with Gasteiger partial charge in [-0.2, -0.15) is 0 Å². The summed E-state index contributed by atoms with van der Waals surface area (Å²) in [5.41, 5.74) is 1.06. The van der Waals surface area contributed by atoms with E-state index in [-0.39, 0.29) is 0 Å². The molecule has 3 heteroatoms. The maximum absolute atomic E-state index is 14.0. The Bertz CT molecular complexity index is 720. The van der Waals surface area contributed by atoms with Gasteiger partial charge >= 0.3 is 0 Å². The third kappa shape index (κ3) is 5.79. The number of hydrogen-bond donors (Lipinski definition) is 0. The van der Waals surface area contributed by atoms with E-state index in [2.05, 4.69) is 13.0 Å². The predicted molar refractivity (Wildman–Crippen MR) is 106 cm³/mol. The molecule has 1 fully saturated rings. The van der Waals surface area contributed by atoms with Crippen LogP contribution in [0.1, 0.15) is 58.3 Å². The van der Waals surface area contributed by atoms with Crippen LogP contribution >= 0.6 is 0 Å². The predicted octanol–water partition coefficient (Wildman–Crippen LogP) is 7.20. The van der Waals surface area contributed by atoms with Crippen LogP contribution in [0.25, 0.3) is 11.1 Å². The molecule has 145 valence electrons. The molecule has 1 saturated carbocycles. The Morgan fingerprint density at radius 1 is 1.00 bits per heavy atom. The minimum atomic E-state index is -0.569. The van der Waals surface area contributed by atoms with Gasteiger partial charge in [0.1, 0.15) is 17.4 Å². The number of hydrogen-bond acceptors (Lipinski definition) is 1. The van der Waals surface area contributed by atoms with Crippen LogP contribution in [0.4, 0.5) is 8.78 Å². The van der Waals surface area contributed by atoms with Crippen LogP contribution < -0.4 is 4.74 Å². The molecule has 1 aliphatic carbocycles. The fourth-order valence-electron chi connectivity index (χ4n) is 4.00. The monoisotopic (exact) mass is 371 g/mol. The Morgan fingerprint density at radius 2 is 1.78 bits per heavy atom. The van der Waals surface area contributed by atoms with Crippen molar-refractivity contribution in [3.63, 3.8) is 0 Å². The third-order valence-corrected chi connectivity index (χ3v) is 5.67. The largest absolute Gasteiger partial charge is 0.493 e. The molecule has 2 aromatic carbocycles.